The molecule has 0 aliphatic rings. The second-order valence-electron chi connectivity index (χ2n) is 5.29. The molecule has 0 fully saturated rings. The number of para-hydroxylation sites is 2. The molecule has 5 heteroatoms. The molecule has 4 nitrogen and oxygen atoms in total. The number of amides is 2. The zero-order valence-corrected chi connectivity index (χ0v) is 13.5. The Balaban J connectivity index is 1.80. The van der Waals surface area contributed by atoms with Crippen molar-refractivity contribution >= 4 is 38.4 Å². The number of aryl methyl sites for hydroxylation is 3. The maximum atomic E-state index is 12.2. The number of thiazole rings is 1. The first kappa shape index (κ1) is 14.5. The van der Waals surface area contributed by atoms with E-state index in [4.69, 9.17) is 0 Å². The van der Waals surface area contributed by atoms with Gasteiger partial charge in [0.2, 0.25) is 0 Å². The van der Waals surface area contributed by atoms with Crippen molar-refractivity contribution < 1.29 is 4.79 Å². The number of hydrogen-bond donors (Lipinski definition) is 2. The summed E-state index contributed by atoms with van der Waals surface area (Å²) in [5.74, 6) is 0. The van der Waals surface area contributed by atoms with Gasteiger partial charge >= 0.3 is 6.03 Å². The number of urea groups is 1. The van der Waals surface area contributed by atoms with Gasteiger partial charge < -0.3 is 5.32 Å². The largest absolute Gasteiger partial charge is 0.325 e. The van der Waals surface area contributed by atoms with Crippen molar-refractivity contribution in [2.24, 2.45) is 0 Å². The molecule has 0 aliphatic heterocycles. The average Bonchev–Trinajstić information content (AvgIpc) is 2.87. The van der Waals surface area contributed by atoms with Gasteiger partial charge in [-0.15, -0.1) is 0 Å². The third kappa shape index (κ3) is 2.80. The fraction of sp³-hybridized carbons (Fsp3) is 0.176. The Morgan fingerprint density at radius 1 is 0.955 bits per heavy atom. The van der Waals surface area contributed by atoms with Gasteiger partial charge in [0.25, 0.3) is 0 Å². The lowest BCUT2D eigenvalue weighted by molar-refractivity contribution is 0.262. The molecule has 0 spiro atoms. The van der Waals surface area contributed by atoms with Gasteiger partial charge in [-0.2, -0.15) is 0 Å². The third-order valence-corrected chi connectivity index (χ3v) is 4.50. The maximum absolute atomic E-state index is 12.2. The molecule has 2 N–H and O–H groups in total. The highest BCUT2D eigenvalue weighted by Crippen LogP contribution is 2.28. The standard InChI is InChI=1S/C17H17N3OS/c1-10-6-4-7-11(2)14(10)18-16(21)20-17-19-15-12(3)8-5-9-13(15)22-17/h4-9H,1-3H3,(H2,18,19,20,21). The number of carbonyl (C=O) groups is 1. The summed E-state index contributed by atoms with van der Waals surface area (Å²) in [4.78, 5) is 16.7. The van der Waals surface area contributed by atoms with Crippen LogP contribution < -0.4 is 10.6 Å². The van der Waals surface area contributed by atoms with Gasteiger partial charge in [0.05, 0.1) is 10.2 Å². The van der Waals surface area contributed by atoms with Crippen LogP contribution in [-0.2, 0) is 0 Å². The first-order valence-corrected chi connectivity index (χ1v) is 7.86. The van der Waals surface area contributed by atoms with Crippen molar-refractivity contribution in [3.05, 3.63) is 53.1 Å². The Kier molecular flexibility index (Phi) is 3.81. The number of benzene rings is 2. The smallest absolute Gasteiger partial charge is 0.307 e. The fourth-order valence-electron chi connectivity index (χ4n) is 2.39. The molecule has 112 valence electrons. The Labute approximate surface area is 133 Å². The average molecular weight is 311 g/mol. The highest BCUT2D eigenvalue weighted by atomic mass is 32.1. The van der Waals surface area contributed by atoms with Crippen LogP contribution in [0.1, 0.15) is 16.7 Å². The van der Waals surface area contributed by atoms with Crippen LogP contribution in [0.4, 0.5) is 15.6 Å². The molecule has 0 atom stereocenters. The van der Waals surface area contributed by atoms with Crippen LogP contribution >= 0.6 is 11.3 Å². The minimum atomic E-state index is -0.269. The molecule has 0 bridgehead atoms. The molecule has 1 heterocycles. The number of hydrogen-bond acceptors (Lipinski definition) is 3. The van der Waals surface area contributed by atoms with E-state index in [0.717, 1.165) is 32.6 Å². The summed E-state index contributed by atoms with van der Waals surface area (Å²) in [7, 11) is 0. The lowest BCUT2D eigenvalue weighted by Crippen LogP contribution is -2.20. The van der Waals surface area contributed by atoms with E-state index in [2.05, 4.69) is 15.6 Å². The predicted octanol–water partition coefficient (Wildman–Crippen LogP) is 4.87. The summed E-state index contributed by atoms with van der Waals surface area (Å²) in [6, 6.07) is 11.7. The van der Waals surface area contributed by atoms with E-state index in [1.165, 1.54) is 11.3 Å². The van der Waals surface area contributed by atoms with E-state index in [1.807, 2.05) is 57.2 Å². The van der Waals surface area contributed by atoms with Crippen molar-refractivity contribution in [1.82, 2.24) is 4.98 Å². The van der Waals surface area contributed by atoms with E-state index in [1.54, 1.807) is 0 Å². The highest BCUT2D eigenvalue weighted by molar-refractivity contribution is 7.22. The molecule has 1 aromatic heterocycles. The minimum absolute atomic E-state index is 0.269. The van der Waals surface area contributed by atoms with Crippen molar-refractivity contribution in [3.8, 4) is 0 Å². The second kappa shape index (κ2) is 5.77. The number of anilines is 2. The van der Waals surface area contributed by atoms with Crippen LogP contribution in [0.5, 0.6) is 0 Å². The van der Waals surface area contributed by atoms with Crippen LogP contribution in [-0.4, -0.2) is 11.0 Å². The summed E-state index contributed by atoms with van der Waals surface area (Å²) in [5.41, 5.74) is 4.97. The van der Waals surface area contributed by atoms with Crippen LogP contribution in [0, 0.1) is 20.8 Å². The van der Waals surface area contributed by atoms with Crippen molar-refractivity contribution in [2.75, 3.05) is 10.6 Å². The Hall–Kier alpha value is -2.40. The van der Waals surface area contributed by atoms with E-state index in [-0.39, 0.29) is 6.03 Å². The number of nitrogens with zero attached hydrogens (tertiary/aromatic N) is 1. The van der Waals surface area contributed by atoms with E-state index in [0.29, 0.717) is 5.13 Å². The second-order valence-corrected chi connectivity index (χ2v) is 6.32. The Morgan fingerprint density at radius 3 is 2.27 bits per heavy atom. The van der Waals surface area contributed by atoms with Crippen molar-refractivity contribution in [2.45, 2.75) is 20.8 Å². The molecule has 0 aliphatic carbocycles. The Morgan fingerprint density at radius 2 is 1.59 bits per heavy atom. The lowest BCUT2D eigenvalue weighted by Gasteiger charge is -2.11. The first-order valence-electron chi connectivity index (χ1n) is 7.05. The van der Waals surface area contributed by atoms with E-state index >= 15 is 0 Å². The number of carbonyl (C=O) groups excluding carboxylic acids is 1. The van der Waals surface area contributed by atoms with Crippen LogP contribution in [0.2, 0.25) is 0 Å². The lowest BCUT2D eigenvalue weighted by atomic mass is 10.1. The molecule has 22 heavy (non-hydrogen) atoms. The molecule has 2 amide bonds. The van der Waals surface area contributed by atoms with Crippen molar-refractivity contribution in [3.63, 3.8) is 0 Å². The van der Waals surface area contributed by atoms with Gasteiger partial charge in [-0.05, 0) is 43.5 Å². The summed E-state index contributed by atoms with van der Waals surface area (Å²) in [5, 5.41) is 6.33. The van der Waals surface area contributed by atoms with Gasteiger partial charge in [0.15, 0.2) is 5.13 Å². The van der Waals surface area contributed by atoms with Crippen LogP contribution in [0.25, 0.3) is 10.2 Å². The zero-order valence-electron chi connectivity index (χ0n) is 12.7. The monoisotopic (exact) mass is 311 g/mol. The molecule has 0 saturated carbocycles. The van der Waals surface area contributed by atoms with Gasteiger partial charge in [0, 0.05) is 5.69 Å². The summed E-state index contributed by atoms with van der Waals surface area (Å²) >= 11 is 1.48. The number of nitrogens with one attached hydrogen (secondary N) is 2. The van der Waals surface area contributed by atoms with Gasteiger partial charge in [-0.3, -0.25) is 5.32 Å². The molecule has 2 aromatic carbocycles. The van der Waals surface area contributed by atoms with Crippen molar-refractivity contribution in [1.29, 1.82) is 0 Å². The van der Waals surface area contributed by atoms with Crippen LogP contribution in [0.3, 0.4) is 0 Å². The topological polar surface area (TPSA) is 54.0 Å². The summed E-state index contributed by atoms with van der Waals surface area (Å²) < 4.78 is 1.07. The third-order valence-electron chi connectivity index (χ3n) is 3.56. The fourth-order valence-corrected chi connectivity index (χ4v) is 3.33. The summed E-state index contributed by atoms with van der Waals surface area (Å²) in [6.45, 7) is 5.97. The van der Waals surface area contributed by atoms with E-state index < -0.39 is 0 Å². The minimum Gasteiger partial charge on any atom is -0.307 e. The molecule has 0 unspecified atom stereocenters. The number of fused-ring (bicyclic) bond motifs is 1. The molecular weight excluding hydrogens is 294 g/mol. The Bertz CT molecular complexity index is 834. The summed E-state index contributed by atoms with van der Waals surface area (Å²) in [6.07, 6.45) is 0. The normalized spacial score (nSPS) is 10.7. The van der Waals surface area contributed by atoms with E-state index in [9.17, 15) is 4.79 Å². The molecule has 0 saturated heterocycles. The number of rotatable bonds is 2. The molecule has 3 aromatic rings. The van der Waals surface area contributed by atoms with Gasteiger partial charge in [-0.1, -0.05) is 41.7 Å². The van der Waals surface area contributed by atoms with Gasteiger partial charge in [0.1, 0.15) is 0 Å². The highest BCUT2D eigenvalue weighted by Gasteiger charge is 2.11. The van der Waals surface area contributed by atoms with Crippen LogP contribution in [0.15, 0.2) is 36.4 Å². The number of aromatic nitrogens is 1. The first-order chi connectivity index (χ1) is 10.5. The van der Waals surface area contributed by atoms with Gasteiger partial charge in [-0.25, -0.2) is 9.78 Å². The quantitative estimate of drug-likeness (QED) is 0.709. The SMILES string of the molecule is Cc1cccc(C)c1NC(=O)Nc1nc2c(C)cccc2s1. The predicted molar refractivity (Wildman–Crippen MR) is 92.9 cm³/mol. The molecule has 3 rings (SSSR count). The maximum Gasteiger partial charge on any atom is 0.325 e. The molecule has 0 radical (unpaired) electrons. The zero-order chi connectivity index (χ0) is 15.7. The molecular formula is C17H17N3OS.